The first-order valence-corrected chi connectivity index (χ1v) is 9.14. The summed E-state index contributed by atoms with van der Waals surface area (Å²) in [6.07, 6.45) is 8.79. The second kappa shape index (κ2) is 7.06. The van der Waals surface area contributed by atoms with E-state index in [1.165, 1.54) is 61.4 Å². The van der Waals surface area contributed by atoms with Gasteiger partial charge in [-0.3, -0.25) is 4.90 Å². The summed E-state index contributed by atoms with van der Waals surface area (Å²) in [6, 6.07) is 5.38. The van der Waals surface area contributed by atoms with Gasteiger partial charge in [0.15, 0.2) is 0 Å². The molecule has 3 rings (SSSR count). The van der Waals surface area contributed by atoms with E-state index in [0.717, 1.165) is 25.0 Å². The number of hydrogen-bond donors (Lipinski definition) is 1. The number of piperidine rings is 1. The van der Waals surface area contributed by atoms with Gasteiger partial charge in [-0.2, -0.15) is 0 Å². The molecule has 0 bridgehead atoms. The van der Waals surface area contributed by atoms with E-state index < -0.39 is 0 Å². The van der Waals surface area contributed by atoms with Gasteiger partial charge in [0.1, 0.15) is 0 Å². The molecule has 0 radical (unpaired) electrons. The summed E-state index contributed by atoms with van der Waals surface area (Å²) in [4.78, 5) is 5.67. The third kappa shape index (κ3) is 3.63. The number of fused-ring (bicyclic) bond motifs is 1. The average molecular weight is 292 g/mol. The maximum absolute atomic E-state index is 3.63. The Morgan fingerprint density at radius 3 is 2.90 bits per heavy atom. The van der Waals surface area contributed by atoms with E-state index in [-0.39, 0.29) is 0 Å². The molecule has 2 aliphatic rings. The van der Waals surface area contributed by atoms with Crippen molar-refractivity contribution in [1.82, 2.24) is 10.2 Å². The van der Waals surface area contributed by atoms with E-state index in [9.17, 15) is 0 Å². The first-order valence-electron chi connectivity index (χ1n) is 8.33. The predicted octanol–water partition coefficient (Wildman–Crippen LogP) is 3.80. The number of rotatable bonds is 5. The van der Waals surface area contributed by atoms with Gasteiger partial charge in [0.2, 0.25) is 0 Å². The highest BCUT2D eigenvalue weighted by atomic mass is 32.1. The minimum Gasteiger partial charge on any atom is -0.311 e. The third-order valence-electron chi connectivity index (χ3n) is 5.03. The smallest absolute Gasteiger partial charge is 0.0300 e. The molecule has 0 amide bonds. The Morgan fingerprint density at radius 2 is 2.05 bits per heavy atom. The fourth-order valence-electron chi connectivity index (χ4n) is 4.02. The molecule has 0 aromatic carbocycles. The Kier molecular flexibility index (Phi) is 5.14. The van der Waals surface area contributed by atoms with Crippen molar-refractivity contribution < 1.29 is 0 Å². The van der Waals surface area contributed by atoms with Crippen LogP contribution in [0.1, 0.15) is 48.3 Å². The van der Waals surface area contributed by atoms with Crippen LogP contribution in [0.5, 0.6) is 0 Å². The second-order valence-electron chi connectivity index (χ2n) is 6.48. The highest BCUT2D eigenvalue weighted by molar-refractivity contribution is 7.11. The van der Waals surface area contributed by atoms with Gasteiger partial charge in [0.05, 0.1) is 0 Å². The number of aryl methyl sites for hydroxylation is 1. The standard InChI is InChI=1S/C17H28N2S/c1-14-8-9-16(20-14)13-18-10-12-19-11-4-6-15-5-2-3-7-17(15)19/h8-9,15,17-18H,2-7,10-13H2,1H3/t15-,17-/m1/s1. The SMILES string of the molecule is Cc1ccc(CNCCN2CCC[C@H]3CCCC[C@H]32)s1. The first-order chi connectivity index (χ1) is 9.83. The Balaban J connectivity index is 1.41. The van der Waals surface area contributed by atoms with Gasteiger partial charge in [-0.15, -0.1) is 11.3 Å². The zero-order valence-electron chi connectivity index (χ0n) is 12.7. The van der Waals surface area contributed by atoms with E-state index in [4.69, 9.17) is 0 Å². The van der Waals surface area contributed by atoms with Gasteiger partial charge in [0, 0.05) is 35.4 Å². The lowest BCUT2D eigenvalue weighted by Gasteiger charge is -2.44. The fraction of sp³-hybridized carbons (Fsp3) is 0.765. The number of hydrogen-bond acceptors (Lipinski definition) is 3. The lowest BCUT2D eigenvalue weighted by molar-refractivity contribution is 0.0618. The van der Waals surface area contributed by atoms with Crippen LogP contribution in [0.25, 0.3) is 0 Å². The molecule has 2 nitrogen and oxygen atoms in total. The van der Waals surface area contributed by atoms with Crippen molar-refractivity contribution in [3.63, 3.8) is 0 Å². The molecule has 1 aromatic rings. The summed E-state index contributed by atoms with van der Waals surface area (Å²) >= 11 is 1.92. The minimum atomic E-state index is 0.906. The Labute approximate surface area is 127 Å². The van der Waals surface area contributed by atoms with Crippen LogP contribution in [0.3, 0.4) is 0 Å². The summed E-state index contributed by atoms with van der Waals surface area (Å²) in [5.41, 5.74) is 0. The fourth-order valence-corrected chi connectivity index (χ4v) is 4.88. The van der Waals surface area contributed by atoms with Crippen LogP contribution in [0.2, 0.25) is 0 Å². The van der Waals surface area contributed by atoms with Gasteiger partial charge in [-0.05, 0) is 57.2 Å². The van der Waals surface area contributed by atoms with Crippen molar-refractivity contribution in [2.45, 2.75) is 58.0 Å². The Morgan fingerprint density at radius 1 is 1.20 bits per heavy atom. The van der Waals surface area contributed by atoms with Crippen molar-refractivity contribution in [2.24, 2.45) is 5.92 Å². The normalized spacial score (nSPS) is 27.4. The molecule has 1 saturated carbocycles. The van der Waals surface area contributed by atoms with Gasteiger partial charge in [-0.25, -0.2) is 0 Å². The molecule has 1 aliphatic heterocycles. The van der Waals surface area contributed by atoms with E-state index in [0.29, 0.717) is 0 Å². The molecular weight excluding hydrogens is 264 g/mol. The van der Waals surface area contributed by atoms with Crippen LogP contribution in [0, 0.1) is 12.8 Å². The van der Waals surface area contributed by atoms with E-state index in [2.05, 4.69) is 29.3 Å². The Bertz CT molecular complexity index is 413. The minimum absolute atomic E-state index is 0.906. The third-order valence-corrected chi connectivity index (χ3v) is 6.03. The van der Waals surface area contributed by atoms with Gasteiger partial charge >= 0.3 is 0 Å². The lowest BCUT2D eigenvalue weighted by Crippen LogP contribution is -2.48. The molecule has 1 aromatic heterocycles. The lowest BCUT2D eigenvalue weighted by atomic mass is 9.78. The predicted molar refractivity (Wildman–Crippen MR) is 87.3 cm³/mol. The van der Waals surface area contributed by atoms with Crippen LogP contribution in [0.4, 0.5) is 0 Å². The number of thiophene rings is 1. The van der Waals surface area contributed by atoms with Gasteiger partial charge in [0.25, 0.3) is 0 Å². The highest BCUT2D eigenvalue weighted by Crippen LogP contribution is 2.34. The summed E-state index contributed by atoms with van der Waals surface area (Å²) < 4.78 is 0. The highest BCUT2D eigenvalue weighted by Gasteiger charge is 2.32. The first kappa shape index (κ1) is 14.6. The monoisotopic (exact) mass is 292 g/mol. The average Bonchev–Trinajstić information content (AvgIpc) is 2.89. The molecule has 2 fully saturated rings. The summed E-state index contributed by atoms with van der Waals surface area (Å²) in [5.74, 6) is 1.01. The zero-order chi connectivity index (χ0) is 13.8. The number of likely N-dealkylation sites (tertiary alicyclic amines) is 1. The van der Waals surface area contributed by atoms with Gasteiger partial charge in [-0.1, -0.05) is 12.8 Å². The summed E-state index contributed by atoms with van der Waals surface area (Å²) in [7, 11) is 0. The largest absolute Gasteiger partial charge is 0.311 e. The van der Waals surface area contributed by atoms with Crippen molar-refractivity contribution in [3.05, 3.63) is 21.9 Å². The topological polar surface area (TPSA) is 15.3 Å². The molecule has 1 N–H and O–H groups in total. The van der Waals surface area contributed by atoms with Crippen molar-refractivity contribution >= 4 is 11.3 Å². The second-order valence-corrected chi connectivity index (χ2v) is 7.85. The quantitative estimate of drug-likeness (QED) is 0.830. The molecule has 2 heterocycles. The molecule has 2 atom stereocenters. The molecule has 3 heteroatoms. The molecule has 20 heavy (non-hydrogen) atoms. The van der Waals surface area contributed by atoms with Crippen molar-refractivity contribution in [2.75, 3.05) is 19.6 Å². The number of nitrogens with one attached hydrogen (secondary N) is 1. The van der Waals surface area contributed by atoms with Crippen LogP contribution >= 0.6 is 11.3 Å². The summed E-state index contributed by atoms with van der Waals surface area (Å²) in [6.45, 7) is 6.94. The van der Waals surface area contributed by atoms with Crippen molar-refractivity contribution in [1.29, 1.82) is 0 Å². The van der Waals surface area contributed by atoms with E-state index in [1.807, 2.05) is 11.3 Å². The molecule has 0 unspecified atom stereocenters. The van der Waals surface area contributed by atoms with Crippen LogP contribution in [-0.4, -0.2) is 30.6 Å². The van der Waals surface area contributed by atoms with Crippen LogP contribution < -0.4 is 5.32 Å². The van der Waals surface area contributed by atoms with E-state index in [1.54, 1.807) is 0 Å². The molecule has 1 saturated heterocycles. The van der Waals surface area contributed by atoms with Crippen LogP contribution in [-0.2, 0) is 6.54 Å². The molecular formula is C17H28N2S. The zero-order valence-corrected chi connectivity index (χ0v) is 13.6. The number of nitrogens with zero attached hydrogens (tertiary/aromatic N) is 1. The van der Waals surface area contributed by atoms with Crippen molar-refractivity contribution in [3.8, 4) is 0 Å². The Hall–Kier alpha value is -0.380. The maximum Gasteiger partial charge on any atom is 0.0300 e. The molecule has 0 spiro atoms. The summed E-state index contributed by atoms with van der Waals surface area (Å²) in [5, 5.41) is 3.63. The van der Waals surface area contributed by atoms with Gasteiger partial charge < -0.3 is 5.32 Å². The molecule has 1 aliphatic carbocycles. The van der Waals surface area contributed by atoms with E-state index >= 15 is 0 Å². The maximum atomic E-state index is 3.63. The van der Waals surface area contributed by atoms with Crippen LogP contribution in [0.15, 0.2) is 12.1 Å². The molecule has 112 valence electrons.